The van der Waals surface area contributed by atoms with Gasteiger partial charge >= 0.3 is 0 Å². The Balaban J connectivity index is 1.61. The van der Waals surface area contributed by atoms with Gasteiger partial charge in [-0.25, -0.2) is 4.98 Å². The number of rotatable bonds is 4. The fourth-order valence-electron chi connectivity index (χ4n) is 1.79. The zero-order chi connectivity index (χ0) is 15.5. The van der Waals surface area contributed by atoms with E-state index in [0.29, 0.717) is 15.9 Å². The van der Waals surface area contributed by atoms with Crippen molar-refractivity contribution in [2.45, 2.75) is 0 Å². The molecule has 22 heavy (non-hydrogen) atoms. The van der Waals surface area contributed by atoms with E-state index in [-0.39, 0.29) is 12.5 Å². The Bertz CT molecular complexity index is 820. The van der Waals surface area contributed by atoms with E-state index in [4.69, 9.17) is 16.3 Å². The molecule has 2 aromatic carbocycles. The van der Waals surface area contributed by atoms with Crippen LogP contribution in [0, 0.1) is 0 Å². The summed E-state index contributed by atoms with van der Waals surface area (Å²) in [5, 5.41) is 3.91. The first kappa shape index (κ1) is 15.3. The van der Waals surface area contributed by atoms with Gasteiger partial charge in [0.05, 0.1) is 10.2 Å². The first-order valence-electron chi connectivity index (χ1n) is 6.34. The molecule has 0 saturated carbocycles. The highest BCUT2D eigenvalue weighted by Crippen LogP contribution is 2.28. The first-order chi connectivity index (χ1) is 10.6. The first-order valence-corrected chi connectivity index (χ1v) is 8.33. The van der Waals surface area contributed by atoms with Crippen molar-refractivity contribution in [2.24, 2.45) is 0 Å². The Morgan fingerprint density at radius 1 is 1.27 bits per heavy atom. The number of aromatic nitrogens is 1. The molecule has 0 fully saturated rings. The molecule has 1 amide bonds. The van der Waals surface area contributed by atoms with Crippen LogP contribution in [0.5, 0.6) is 5.75 Å². The summed E-state index contributed by atoms with van der Waals surface area (Å²) in [6, 6.07) is 12.6. The van der Waals surface area contributed by atoms with Crippen molar-refractivity contribution in [3.8, 4) is 5.75 Å². The maximum absolute atomic E-state index is 11.9. The van der Waals surface area contributed by atoms with Gasteiger partial charge in [-0.15, -0.1) is 0 Å². The number of hydrogen-bond acceptors (Lipinski definition) is 4. The number of nitrogens with one attached hydrogen (secondary N) is 1. The zero-order valence-electron chi connectivity index (χ0n) is 11.2. The van der Waals surface area contributed by atoms with Crippen LogP contribution in [-0.4, -0.2) is 17.5 Å². The second kappa shape index (κ2) is 6.64. The third-order valence-corrected chi connectivity index (χ3v) is 4.46. The Kier molecular flexibility index (Phi) is 4.61. The molecular weight excluding hydrogens is 388 g/mol. The number of hydrogen-bond donors (Lipinski definition) is 1. The minimum atomic E-state index is -0.256. The summed E-state index contributed by atoms with van der Waals surface area (Å²) >= 11 is 10.6. The van der Waals surface area contributed by atoms with E-state index in [0.717, 1.165) is 14.7 Å². The van der Waals surface area contributed by atoms with Crippen molar-refractivity contribution in [3.05, 3.63) is 52.0 Å². The lowest BCUT2D eigenvalue weighted by Gasteiger charge is -2.05. The fourth-order valence-corrected chi connectivity index (χ4v) is 3.35. The van der Waals surface area contributed by atoms with Gasteiger partial charge in [0.15, 0.2) is 11.7 Å². The second-order valence-electron chi connectivity index (χ2n) is 4.42. The van der Waals surface area contributed by atoms with Crippen LogP contribution in [0.2, 0.25) is 5.02 Å². The standard InChI is InChI=1S/C15H10BrClN2O2S/c16-9-1-6-12-13(7-9)22-15(18-12)19-14(20)8-21-11-4-2-10(17)3-5-11/h1-7H,8H2,(H,18,19,20). The number of nitrogens with zero attached hydrogens (tertiary/aromatic N) is 1. The minimum absolute atomic E-state index is 0.0821. The van der Waals surface area contributed by atoms with Crippen LogP contribution < -0.4 is 10.1 Å². The number of amides is 1. The van der Waals surface area contributed by atoms with Crippen LogP contribution in [0.1, 0.15) is 0 Å². The molecule has 0 aliphatic heterocycles. The van der Waals surface area contributed by atoms with Gasteiger partial charge in [0.2, 0.25) is 0 Å². The third-order valence-electron chi connectivity index (χ3n) is 2.78. The summed E-state index contributed by atoms with van der Waals surface area (Å²) in [6.07, 6.45) is 0. The van der Waals surface area contributed by atoms with Crippen molar-refractivity contribution in [1.29, 1.82) is 0 Å². The van der Waals surface area contributed by atoms with E-state index in [9.17, 15) is 4.79 Å². The lowest BCUT2D eigenvalue weighted by atomic mass is 10.3. The quantitative estimate of drug-likeness (QED) is 0.692. The summed E-state index contributed by atoms with van der Waals surface area (Å²) in [4.78, 5) is 16.2. The molecule has 1 N–H and O–H groups in total. The molecule has 0 unspecified atom stereocenters. The molecule has 3 rings (SSSR count). The highest BCUT2D eigenvalue weighted by molar-refractivity contribution is 9.10. The number of halogens is 2. The second-order valence-corrected chi connectivity index (χ2v) is 6.80. The average molecular weight is 398 g/mol. The molecule has 112 valence electrons. The zero-order valence-corrected chi connectivity index (χ0v) is 14.3. The monoisotopic (exact) mass is 396 g/mol. The summed E-state index contributed by atoms with van der Waals surface area (Å²) in [6.45, 7) is -0.0821. The SMILES string of the molecule is O=C(COc1ccc(Cl)cc1)Nc1nc2ccc(Br)cc2s1. The van der Waals surface area contributed by atoms with Crippen LogP contribution in [0.15, 0.2) is 46.9 Å². The molecule has 4 nitrogen and oxygen atoms in total. The predicted molar refractivity (Wildman–Crippen MR) is 92.9 cm³/mol. The highest BCUT2D eigenvalue weighted by Gasteiger charge is 2.09. The molecule has 7 heteroatoms. The molecule has 0 spiro atoms. The summed E-state index contributed by atoms with van der Waals surface area (Å²) in [5.74, 6) is 0.334. The third kappa shape index (κ3) is 3.76. The molecule has 0 radical (unpaired) electrons. The Labute approximate surface area is 144 Å². The number of ether oxygens (including phenoxy) is 1. The Morgan fingerprint density at radius 2 is 2.05 bits per heavy atom. The minimum Gasteiger partial charge on any atom is -0.484 e. The van der Waals surface area contributed by atoms with Gasteiger partial charge in [0, 0.05) is 9.50 Å². The fraction of sp³-hybridized carbons (Fsp3) is 0.0667. The van der Waals surface area contributed by atoms with Crippen LogP contribution in [0.3, 0.4) is 0 Å². The predicted octanol–water partition coefficient (Wildman–Crippen LogP) is 4.73. The number of carbonyl (C=O) groups is 1. The highest BCUT2D eigenvalue weighted by atomic mass is 79.9. The maximum Gasteiger partial charge on any atom is 0.264 e. The van der Waals surface area contributed by atoms with Crippen molar-refractivity contribution in [2.75, 3.05) is 11.9 Å². The maximum atomic E-state index is 11.9. The molecular formula is C15H10BrClN2O2S. The number of anilines is 1. The van der Waals surface area contributed by atoms with Crippen LogP contribution in [-0.2, 0) is 4.79 Å². The number of benzene rings is 2. The molecule has 1 heterocycles. The van der Waals surface area contributed by atoms with Gasteiger partial charge in [0.25, 0.3) is 5.91 Å². The Hall–Kier alpha value is -1.63. The van der Waals surface area contributed by atoms with Crippen molar-refractivity contribution >= 4 is 60.1 Å². The molecule has 1 aromatic heterocycles. The number of thiazole rings is 1. The number of fused-ring (bicyclic) bond motifs is 1. The van der Waals surface area contributed by atoms with E-state index >= 15 is 0 Å². The van der Waals surface area contributed by atoms with E-state index in [1.165, 1.54) is 11.3 Å². The lowest BCUT2D eigenvalue weighted by Crippen LogP contribution is -2.19. The molecule has 0 saturated heterocycles. The van der Waals surface area contributed by atoms with Gasteiger partial charge in [-0.1, -0.05) is 38.9 Å². The molecule has 0 aliphatic carbocycles. The van der Waals surface area contributed by atoms with Crippen LogP contribution in [0.25, 0.3) is 10.2 Å². The number of carbonyl (C=O) groups excluding carboxylic acids is 1. The van der Waals surface area contributed by atoms with Crippen molar-refractivity contribution in [1.82, 2.24) is 4.98 Å². The Morgan fingerprint density at radius 3 is 2.82 bits per heavy atom. The molecule has 0 aliphatic rings. The topological polar surface area (TPSA) is 51.2 Å². The molecule has 0 atom stereocenters. The molecule has 0 bridgehead atoms. The van der Waals surface area contributed by atoms with Crippen LogP contribution >= 0.6 is 38.9 Å². The van der Waals surface area contributed by atoms with Crippen LogP contribution in [0.4, 0.5) is 5.13 Å². The summed E-state index contributed by atoms with van der Waals surface area (Å²) in [7, 11) is 0. The smallest absolute Gasteiger partial charge is 0.264 e. The van der Waals surface area contributed by atoms with E-state index in [1.54, 1.807) is 24.3 Å². The van der Waals surface area contributed by atoms with Gasteiger partial charge < -0.3 is 4.74 Å². The summed E-state index contributed by atoms with van der Waals surface area (Å²) < 4.78 is 7.37. The lowest BCUT2D eigenvalue weighted by molar-refractivity contribution is -0.118. The van der Waals surface area contributed by atoms with Gasteiger partial charge in [-0.3, -0.25) is 10.1 Å². The average Bonchev–Trinajstić information content (AvgIpc) is 2.88. The van der Waals surface area contributed by atoms with E-state index in [2.05, 4.69) is 26.2 Å². The van der Waals surface area contributed by atoms with Crippen molar-refractivity contribution in [3.63, 3.8) is 0 Å². The van der Waals surface area contributed by atoms with Gasteiger partial charge in [-0.05, 0) is 42.5 Å². The normalized spacial score (nSPS) is 10.6. The molecule has 3 aromatic rings. The largest absolute Gasteiger partial charge is 0.484 e. The summed E-state index contributed by atoms with van der Waals surface area (Å²) in [5.41, 5.74) is 0.849. The van der Waals surface area contributed by atoms with E-state index < -0.39 is 0 Å². The van der Waals surface area contributed by atoms with Gasteiger partial charge in [0.1, 0.15) is 5.75 Å². The van der Waals surface area contributed by atoms with E-state index in [1.807, 2.05) is 18.2 Å². The van der Waals surface area contributed by atoms with Gasteiger partial charge in [-0.2, -0.15) is 0 Å². The van der Waals surface area contributed by atoms with Crippen molar-refractivity contribution < 1.29 is 9.53 Å².